The minimum Gasteiger partial charge on any atom is -0.386 e. The third-order valence-corrected chi connectivity index (χ3v) is 3.78. The number of imidazole rings is 1. The van der Waals surface area contributed by atoms with Crippen molar-refractivity contribution in [3.05, 3.63) is 33.8 Å². The molecule has 0 radical (unpaired) electrons. The molecule has 0 aliphatic heterocycles. The first-order chi connectivity index (χ1) is 7.18. The van der Waals surface area contributed by atoms with Gasteiger partial charge in [0.2, 0.25) is 0 Å². The van der Waals surface area contributed by atoms with Gasteiger partial charge in [0.25, 0.3) is 0 Å². The Balaban J connectivity index is 2.14. The van der Waals surface area contributed by atoms with Crippen LogP contribution >= 0.6 is 34.7 Å². The van der Waals surface area contributed by atoms with Crippen molar-refractivity contribution in [2.45, 2.75) is 12.6 Å². The molecule has 0 saturated heterocycles. The summed E-state index contributed by atoms with van der Waals surface area (Å²) in [6.45, 7) is 0.387. The standard InChI is InChI=1S/C8H7Cl2N3OS/c9-6-7(15-12-8(6)10)5(14)3-13-2-1-11-4-13/h1-2,4-5,14H,3H2/t5-/m1/s1. The number of aromatic nitrogens is 3. The fourth-order valence-corrected chi connectivity index (χ4v) is 2.38. The highest BCUT2D eigenvalue weighted by Gasteiger charge is 2.18. The molecule has 2 aromatic rings. The molecule has 15 heavy (non-hydrogen) atoms. The SMILES string of the molecule is O[C@H](Cn1ccnc1)c1snc(Cl)c1Cl. The molecule has 0 aliphatic rings. The lowest BCUT2D eigenvalue weighted by atomic mass is 10.3. The Morgan fingerprint density at radius 3 is 2.87 bits per heavy atom. The van der Waals surface area contributed by atoms with Crippen molar-refractivity contribution in [2.24, 2.45) is 0 Å². The van der Waals surface area contributed by atoms with Crippen molar-refractivity contribution in [3.8, 4) is 0 Å². The van der Waals surface area contributed by atoms with Gasteiger partial charge in [-0.2, -0.15) is 4.37 Å². The van der Waals surface area contributed by atoms with Crippen molar-refractivity contribution in [1.82, 2.24) is 13.9 Å². The number of aliphatic hydroxyl groups excluding tert-OH is 1. The molecule has 1 N–H and O–H groups in total. The number of hydrogen-bond acceptors (Lipinski definition) is 4. The van der Waals surface area contributed by atoms with Crippen molar-refractivity contribution in [1.29, 1.82) is 0 Å². The van der Waals surface area contributed by atoms with Gasteiger partial charge in [-0.3, -0.25) is 0 Å². The maximum Gasteiger partial charge on any atom is 0.161 e. The number of halogens is 2. The Kier molecular flexibility index (Phi) is 3.25. The van der Waals surface area contributed by atoms with Crippen molar-refractivity contribution in [2.75, 3.05) is 0 Å². The Morgan fingerprint density at radius 2 is 2.33 bits per heavy atom. The number of hydrogen-bond donors (Lipinski definition) is 1. The van der Waals surface area contributed by atoms with Crippen molar-refractivity contribution >= 4 is 34.7 Å². The molecule has 0 amide bonds. The molecule has 0 bridgehead atoms. The zero-order valence-corrected chi connectivity index (χ0v) is 9.80. The Bertz CT molecular complexity index is 443. The van der Waals surface area contributed by atoms with Gasteiger partial charge in [0, 0.05) is 12.4 Å². The highest BCUT2D eigenvalue weighted by molar-refractivity contribution is 7.07. The molecule has 2 aromatic heterocycles. The van der Waals surface area contributed by atoms with Crippen LogP contribution in [0.5, 0.6) is 0 Å². The van der Waals surface area contributed by atoms with Crippen molar-refractivity contribution in [3.63, 3.8) is 0 Å². The van der Waals surface area contributed by atoms with Gasteiger partial charge < -0.3 is 9.67 Å². The Labute approximate surface area is 100 Å². The van der Waals surface area contributed by atoms with E-state index < -0.39 is 6.10 Å². The van der Waals surface area contributed by atoms with Crippen LogP contribution in [0.4, 0.5) is 0 Å². The predicted molar refractivity (Wildman–Crippen MR) is 59.3 cm³/mol. The summed E-state index contributed by atoms with van der Waals surface area (Å²) in [5.74, 6) is 0. The second-order valence-corrected chi connectivity index (χ2v) is 4.47. The zero-order valence-electron chi connectivity index (χ0n) is 7.47. The molecule has 1 atom stereocenters. The summed E-state index contributed by atoms with van der Waals surface area (Å²) in [7, 11) is 0. The van der Waals surface area contributed by atoms with Crippen LogP contribution in [0.15, 0.2) is 18.7 Å². The largest absolute Gasteiger partial charge is 0.386 e. The van der Waals surface area contributed by atoms with E-state index in [2.05, 4.69) is 9.36 Å². The molecule has 0 fully saturated rings. The van der Waals surface area contributed by atoms with Crippen LogP contribution in [0, 0.1) is 0 Å². The minimum atomic E-state index is -0.711. The van der Waals surface area contributed by atoms with Crippen LogP contribution in [0.2, 0.25) is 10.2 Å². The predicted octanol–water partition coefficient (Wildman–Crippen LogP) is 2.38. The van der Waals surface area contributed by atoms with Crippen LogP contribution in [0.1, 0.15) is 11.0 Å². The monoisotopic (exact) mass is 263 g/mol. The molecule has 0 aliphatic carbocycles. The normalized spacial score (nSPS) is 13.0. The van der Waals surface area contributed by atoms with E-state index >= 15 is 0 Å². The summed E-state index contributed by atoms with van der Waals surface area (Å²) in [5, 5.41) is 10.4. The Morgan fingerprint density at radius 1 is 1.53 bits per heavy atom. The molecular weight excluding hydrogens is 257 g/mol. The van der Waals surface area contributed by atoms with E-state index in [1.165, 1.54) is 0 Å². The molecular formula is C8H7Cl2N3OS. The highest BCUT2D eigenvalue weighted by atomic mass is 35.5. The van der Waals surface area contributed by atoms with E-state index in [9.17, 15) is 5.11 Å². The molecule has 0 aromatic carbocycles. The lowest BCUT2D eigenvalue weighted by Crippen LogP contribution is -2.05. The van der Waals surface area contributed by atoms with E-state index in [4.69, 9.17) is 23.2 Å². The minimum absolute atomic E-state index is 0.237. The summed E-state index contributed by atoms with van der Waals surface area (Å²) in [6, 6.07) is 0. The fraction of sp³-hybridized carbons (Fsp3) is 0.250. The molecule has 2 heterocycles. The van der Waals surface area contributed by atoms with Crippen LogP contribution in [-0.4, -0.2) is 19.0 Å². The average Bonchev–Trinajstić information content (AvgIpc) is 2.79. The van der Waals surface area contributed by atoms with Gasteiger partial charge in [-0.1, -0.05) is 23.2 Å². The van der Waals surface area contributed by atoms with Gasteiger partial charge in [0.15, 0.2) is 5.15 Å². The van der Waals surface area contributed by atoms with Gasteiger partial charge in [-0.25, -0.2) is 4.98 Å². The van der Waals surface area contributed by atoms with Gasteiger partial charge in [0.05, 0.1) is 22.8 Å². The maximum atomic E-state index is 9.87. The summed E-state index contributed by atoms with van der Waals surface area (Å²) in [6.07, 6.45) is 4.32. The molecule has 2 rings (SSSR count). The summed E-state index contributed by atoms with van der Waals surface area (Å²) in [4.78, 5) is 4.46. The average molecular weight is 264 g/mol. The fourth-order valence-electron chi connectivity index (χ4n) is 1.16. The summed E-state index contributed by atoms with van der Waals surface area (Å²) in [5.41, 5.74) is 0. The third kappa shape index (κ3) is 2.31. The van der Waals surface area contributed by atoms with E-state index in [1.807, 2.05) is 0 Å². The second-order valence-electron chi connectivity index (χ2n) is 2.93. The summed E-state index contributed by atoms with van der Waals surface area (Å²) < 4.78 is 5.62. The molecule has 0 spiro atoms. The molecule has 80 valence electrons. The lowest BCUT2D eigenvalue weighted by molar-refractivity contribution is 0.160. The molecule has 7 heteroatoms. The van der Waals surface area contributed by atoms with Crippen LogP contribution in [0.3, 0.4) is 0 Å². The Hall–Kier alpha value is -0.620. The van der Waals surface area contributed by atoms with E-state index in [0.717, 1.165) is 11.5 Å². The first-order valence-corrected chi connectivity index (χ1v) is 5.66. The number of nitrogens with zero attached hydrogens (tertiary/aromatic N) is 3. The van der Waals surface area contributed by atoms with Gasteiger partial charge in [-0.05, 0) is 11.5 Å². The van der Waals surface area contributed by atoms with Gasteiger partial charge in [0.1, 0.15) is 6.10 Å². The van der Waals surface area contributed by atoms with Crippen LogP contribution in [0.25, 0.3) is 0 Å². The smallest absolute Gasteiger partial charge is 0.161 e. The highest BCUT2D eigenvalue weighted by Crippen LogP contribution is 2.33. The second kappa shape index (κ2) is 4.49. The van der Waals surface area contributed by atoms with Crippen molar-refractivity contribution < 1.29 is 5.11 Å². The topological polar surface area (TPSA) is 50.9 Å². The molecule has 0 saturated carbocycles. The number of aliphatic hydroxyl groups is 1. The third-order valence-electron chi connectivity index (χ3n) is 1.87. The van der Waals surface area contributed by atoms with Gasteiger partial charge in [-0.15, -0.1) is 0 Å². The lowest BCUT2D eigenvalue weighted by Gasteiger charge is -2.08. The quantitative estimate of drug-likeness (QED) is 0.925. The van der Waals surface area contributed by atoms with E-state index in [0.29, 0.717) is 16.4 Å². The van der Waals surface area contributed by atoms with E-state index in [1.54, 1.807) is 23.3 Å². The molecule has 4 nitrogen and oxygen atoms in total. The van der Waals surface area contributed by atoms with E-state index in [-0.39, 0.29) is 5.15 Å². The first-order valence-electron chi connectivity index (χ1n) is 4.13. The van der Waals surface area contributed by atoms with Gasteiger partial charge >= 0.3 is 0 Å². The maximum absolute atomic E-state index is 9.87. The van der Waals surface area contributed by atoms with Crippen LogP contribution < -0.4 is 0 Å². The number of rotatable bonds is 3. The zero-order chi connectivity index (χ0) is 10.8. The summed E-state index contributed by atoms with van der Waals surface area (Å²) >= 11 is 12.7. The molecule has 0 unspecified atom stereocenters. The van der Waals surface area contributed by atoms with Crippen LogP contribution in [-0.2, 0) is 6.54 Å². The first kappa shape index (κ1) is 10.9.